The summed E-state index contributed by atoms with van der Waals surface area (Å²) in [5.41, 5.74) is 6.94. The number of carbonyl (C=O) groups is 2. The Kier molecular flexibility index (Phi) is 4.72. The van der Waals surface area contributed by atoms with Crippen molar-refractivity contribution in [2.75, 3.05) is 6.61 Å². The summed E-state index contributed by atoms with van der Waals surface area (Å²) in [6.07, 6.45) is 1.63. The van der Waals surface area contributed by atoms with Crippen molar-refractivity contribution in [1.29, 1.82) is 0 Å². The summed E-state index contributed by atoms with van der Waals surface area (Å²) >= 11 is 1.48. The minimum Gasteiger partial charge on any atom is -0.452 e. The maximum absolute atomic E-state index is 12.3. The van der Waals surface area contributed by atoms with Crippen molar-refractivity contribution in [3.8, 4) is 10.6 Å². The molecule has 6 nitrogen and oxygen atoms in total. The second kappa shape index (κ2) is 7.10. The second-order valence-corrected chi connectivity index (χ2v) is 6.04. The Labute approximate surface area is 142 Å². The lowest BCUT2D eigenvalue weighted by atomic mass is 10.2. The molecule has 3 aromatic rings. The number of amides is 1. The van der Waals surface area contributed by atoms with Crippen molar-refractivity contribution < 1.29 is 14.3 Å². The molecule has 0 aliphatic carbocycles. The van der Waals surface area contributed by atoms with E-state index < -0.39 is 18.5 Å². The number of esters is 1. The van der Waals surface area contributed by atoms with E-state index in [9.17, 15) is 9.59 Å². The SMILES string of the molecule is NC(=O)COC(=O)c1cn(Cc2ccccc2)nc1-c1cccs1. The fraction of sp³-hybridized carbons (Fsp3) is 0.118. The van der Waals surface area contributed by atoms with Crippen molar-refractivity contribution in [3.05, 3.63) is 65.2 Å². The number of thiophene rings is 1. The van der Waals surface area contributed by atoms with E-state index in [1.54, 1.807) is 10.9 Å². The first-order chi connectivity index (χ1) is 11.6. The fourth-order valence-electron chi connectivity index (χ4n) is 2.23. The molecule has 2 aromatic heterocycles. The third-order valence-electron chi connectivity index (χ3n) is 3.27. The summed E-state index contributed by atoms with van der Waals surface area (Å²) in [5.74, 6) is -1.31. The molecule has 0 aliphatic rings. The van der Waals surface area contributed by atoms with Gasteiger partial charge in [0.1, 0.15) is 11.3 Å². The van der Waals surface area contributed by atoms with Gasteiger partial charge in [-0.05, 0) is 17.0 Å². The van der Waals surface area contributed by atoms with Crippen LogP contribution in [-0.2, 0) is 16.1 Å². The van der Waals surface area contributed by atoms with Gasteiger partial charge in [0.15, 0.2) is 6.61 Å². The monoisotopic (exact) mass is 341 g/mol. The molecule has 0 saturated heterocycles. The Balaban J connectivity index is 1.91. The first-order valence-corrected chi connectivity index (χ1v) is 8.12. The molecule has 3 rings (SSSR count). The lowest BCUT2D eigenvalue weighted by Gasteiger charge is -2.01. The quantitative estimate of drug-likeness (QED) is 0.697. The molecule has 122 valence electrons. The van der Waals surface area contributed by atoms with E-state index >= 15 is 0 Å². The molecule has 24 heavy (non-hydrogen) atoms. The molecule has 0 aliphatic heterocycles. The molecular weight excluding hydrogens is 326 g/mol. The smallest absolute Gasteiger partial charge is 0.342 e. The maximum Gasteiger partial charge on any atom is 0.342 e. The predicted octanol–water partition coefficient (Wildman–Crippen LogP) is 2.30. The maximum atomic E-state index is 12.3. The number of hydrogen-bond acceptors (Lipinski definition) is 5. The van der Waals surface area contributed by atoms with Crippen molar-refractivity contribution in [1.82, 2.24) is 9.78 Å². The van der Waals surface area contributed by atoms with Crippen LogP contribution in [0, 0.1) is 0 Å². The Morgan fingerprint density at radius 2 is 1.96 bits per heavy atom. The van der Waals surface area contributed by atoms with Crippen LogP contribution in [0.4, 0.5) is 0 Å². The molecule has 1 amide bonds. The molecule has 0 fully saturated rings. The predicted molar refractivity (Wildman–Crippen MR) is 90.6 cm³/mol. The zero-order valence-corrected chi connectivity index (χ0v) is 13.5. The van der Waals surface area contributed by atoms with Gasteiger partial charge in [-0.2, -0.15) is 5.10 Å². The molecule has 0 bridgehead atoms. The van der Waals surface area contributed by atoms with Gasteiger partial charge in [-0.3, -0.25) is 9.48 Å². The van der Waals surface area contributed by atoms with Gasteiger partial charge in [-0.1, -0.05) is 36.4 Å². The number of carbonyl (C=O) groups excluding carboxylic acids is 2. The number of nitrogens with two attached hydrogens (primary N) is 1. The summed E-state index contributed by atoms with van der Waals surface area (Å²) in [5, 5.41) is 6.41. The van der Waals surface area contributed by atoms with E-state index in [-0.39, 0.29) is 0 Å². The van der Waals surface area contributed by atoms with Crippen molar-refractivity contribution >= 4 is 23.2 Å². The van der Waals surface area contributed by atoms with E-state index in [2.05, 4.69) is 5.10 Å². The van der Waals surface area contributed by atoms with Crippen LogP contribution in [0.1, 0.15) is 15.9 Å². The highest BCUT2D eigenvalue weighted by molar-refractivity contribution is 7.13. The second-order valence-electron chi connectivity index (χ2n) is 5.09. The summed E-state index contributed by atoms with van der Waals surface area (Å²) in [6, 6.07) is 13.6. The first kappa shape index (κ1) is 15.9. The third-order valence-corrected chi connectivity index (χ3v) is 4.15. The molecule has 0 spiro atoms. The highest BCUT2D eigenvalue weighted by Crippen LogP contribution is 2.27. The van der Waals surface area contributed by atoms with Crippen LogP contribution in [0.15, 0.2) is 54.0 Å². The lowest BCUT2D eigenvalue weighted by molar-refractivity contribution is -0.121. The van der Waals surface area contributed by atoms with Crippen LogP contribution in [0.25, 0.3) is 10.6 Å². The minimum atomic E-state index is -0.697. The zero-order chi connectivity index (χ0) is 16.9. The van der Waals surface area contributed by atoms with E-state index in [0.717, 1.165) is 10.4 Å². The first-order valence-electron chi connectivity index (χ1n) is 7.24. The molecule has 7 heteroatoms. The van der Waals surface area contributed by atoms with Crippen LogP contribution in [0.2, 0.25) is 0 Å². The highest BCUT2D eigenvalue weighted by atomic mass is 32.1. The van der Waals surface area contributed by atoms with E-state index in [0.29, 0.717) is 17.8 Å². The molecule has 0 radical (unpaired) electrons. The molecule has 0 atom stereocenters. The Bertz CT molecular complexity index is 841. The number of rotatable bonds is 6. The average Bonchev–Trinajstić information content (AvgIpc) is 3.22. The van der Waals surface area contributed by atoms with E-state index in [4.69, 9.17) is 10.5 Å². The Morgan fingerprint density at radius 1 is 1.17 bits per heavy atom. The number of primary amides is 1. The summed E-state index contributed by atoms with van der Waals surface area (Å²) in [4.78, 5) is 23.9. The number of nitrogens with zero attached hydrogens (tertiary/aromatic N) is 2. The van der Waals surface area contributed by atoms with Gasteiger partial charge in [-0.25, -0.2) is 4.79 Å². The van der Waals surface area contributed by atoms with Crippen molar-refractivity contribution in [2.24, 2.45) is 5.73 Å². The summed E-state index contributed by atoms with van der Waals surface area (Å²) < 4.78 is 6.62. The molecule has 2 heterocycles. The molecule has 1 aromatic carbocycles. The minimum absolute atomic E-state index is 0.314. The van der Waals surface area contributed by atoms with E-state index in [1.165, 1.54) is 11.3 Å². The molecular formula is C17H15N3O3S. The van der Waals surface area contributed by atoms with Gasteiger partial charge in [0.2, 0.25) is 0 Å². The highest BCUT2D eigenvalue weighted by Gasteiger charge is 2.20. The lowest BCUT2D eigenvalue weighted by Crippen LogP contribution is -2.21. The Hall–Kier alpha value is -2.93. The van der Waals surface area contributed by atoms with E-state index in [1.807, 2.05) is 47.8 Å². The van der Waals surface area contributed by atoms with Gasteiger partial charge in [0.25, 0.3) is 5.91 Å². The topological polar surface area (TPSA) is 87.2 Å². The van der Waals surface area contributed by atoms with Crippen LogP contribution >= 0.6 is 11.3 Å². The van der Waals surface area contributed by atoms with Crippen molar-refractivity contribution in [2.45, 2.75) is 6.54 Å². The number of ether oxygens (including phenoxy) is 1. The average molecular weight is 341 g/mol. The molecule has 0 saturated carbocycles. The number of benzene rings is 1. The van der Waals surface area contributed by atoms with Gasteiger partial charge in [0.05, 0.1) is 11.4 Å². The summed E-state index contributed by atoms with van der Waals surface area (Å²) in [6.45, 7) is 0.0783. The largest absolute Gasteiger partial charge is 0.452 e. The fourth-order valence-corrected chi connectivity index (χ4v) is 2.96. The zero-order valence-electron chi connectivity index (χ0n) is 12.7. The van der Waals surface area contributed by atoms with Crippen LogP contribution in [0.3, 0.4) is 0 Å². The van der Waals surface area contributed by atoms with Crippen LogP contribution in [-0.4, -0.2) is 28.3 Å². The van der Waals surface area contributed by atoms with Gasteiger partial charge in [-0.15, -0.1) is 11.3 Å². The molecule has 2 N–H and O–H groups in total. The standard InChI is InChI=1S/C17H15N3O3S/c18-15(21)11-23-17(22)13-10-20(9-12-5-2-1-3-6-12)19-16(13)14-7-4-8-24-14/h1-8,10H,9,11H2,(H2,18,21). The summed E-state index contributed by atoms with van der Waals surface area (Å²) in [7, 11) is 0. The number of hydrogen-bond donors (Lipinski definition) is 1. The van der Waals surface area contributed by atoms with Crippen LogP contribution < -0.4 is 5.73 Å². The Morgan fingerprint density at radius 3 is 2.62 bits per heavy atom. The third kappa shape index (κ3) is 3.69. The number of aromatic nitrogens is 2. The molecule has 0 unspecified atom stereocenters. The van der Waals surface area contributed by atoms with Gasteiger partial charge >= 0.3 is 5.97 Å². The van der Waals surface area contributed by atoms with Gasteiger partial charge < -0.3 is 10.5 Å². The normalized spacial score (nSPS) is 10.5. The van der Waals surface area contributed by atoms with Crippen molar-refractivity contribution in [3.63, 3.8) is 0 Å². The van der Waals surface area contributed by atoms with Gasteiger partial charge in [0, 0.05) is 6.20 Å². The van der Waals surface area contributed by atoms with Crippen LogP contribution in [0.5, 0.6) is 0 Å².